The molecule has 0 saturated carbocycles. The summed E-state index contributed by atoms with van der Waals surface area (Å²) < 4.78 is 0. The summed E-state index contributed by atoms with van der Waals surface area (Å²) in [5.41, 5.74) is 2.07. The van der Waals surface area contributed by atoms with Gasteiger partial charge < -0.3 is 5.32 Å². The number of hydrogen-bond acceptors (Lipinski definition) is 3. The second-order valence-corrected chi connectivity index (χ2v) is 4.71. The van der Waals surface area contributed by atoms with Gasteiger partial charge in [0, 0.05) is 22.8 Å². The van der Waals surface area contributed by atoms with Crippen LogP contribution in [-0.4, -0.2) is 16.5 Å². The number of halogens is 2. The fraction of sp³-hybridized carbons (Fsp3) is 0.231. The van der Waals surface area contributed by atoms with Gasteiger partial charge in [-0.25, -0.2) is 9.97 Å². The second-order valence-electron chi connectivity index (χ2n) is 3.86. The number of benzene rings is 1. The number of nitrogens with one attached hydrogen (secondary N) is 1. The summed E-state index contributed by atoms with van der Waals surface area (Å²) in [6, 6.07) is 7.47. The Morgan fingerprint density at radius 1 is 1.17 bits per heavy atom. The smallest absolute Gasteiger partial charge is 0.115 e. The van der Waals surface area contributed by atoms with Gasteiger partial charge in [-0.1, -0.05) is 29.3 Å². The van der Waals surface area contributed by atoms with E-state index >= 15 is 0 Å². The van der Waals surface area contributed by atoms with E-state index in [9.17, 15) is 0 Å². The number of nitrogens with zero attached hydrogens (tertiary/aromatic N) is 2. The van der Waals surface area contributed by atoms with Gasteiger partial charge in [0.05, 0.1) is 5.69 Å². The summed E-state index contributed by atoms with van der Waals surface area (Å²) >= 11 is 11.9. The number of aromatic nitrogens is 2. The van der Waals surface area contributed by atoms with Gasteiger partial charge in [0.25, 0.3) is 0 Å². The van der Waals surface area contributed by atoms with Crippen LogP contribution in [0, 0.1) is 0 Å². The molecule has 5 heteroatoms. The predicted octanol–water partition coefficient (Wildman–Crippen LogP) is 3.12. The van der Waals surface area contributed by atoms with Gasteiger partial charge in [-0.05, 0) is 36.7 Å². The fourth-order valence-corrected chi connectivity index (χ4v) is 2.09. The SMILES string of the molecule is Clc1ccc(CCNCc2ccncn2)c(Cl)c1. The van der Waals surface area contributed by atoms with E-state index in [1.807, 2.05) is 18.2 Å². The third kappa shape index (κ3) is 3.95. The molecule has 0 unspecified atom stereocenters. The molecule has 1 heterocycles. The monoisotopic (exact) mass is 281 g/mol. The van der Waals surface area contributed by atoms with Crippen LogP contribution in [0.4, 0.5) is 0 Å². The molecule has 3 nitrogen and oxygen atoms in total. The van der Waals surface area contributed by atoms with Crippen LogP contribution in [0.5, 0.6) is 0 Å². The summed E-state index contributed by atoms with van der Waals surface area (Å²) in [6.45, 7) is 1.57. The van der Waals surface area contributed by atoms with Crippen molar-refractivity contribution >= 4 is 23.2 Å². The molecule has 18 heavy (non-hydrogen) atoms. The van der Waals surface area contributed by atoms with Crippen LogP contribution in [0.2, 0.25) is 10.0 Å². The summed E-state index contributed by atoms with van der Waals surface area (Å²) in [5.74, 6) is 0. The maximum atomic E-state index is 6.09. The van der Waals surface area contributed by atoms with Crippen molar-refractivity contribution in [3.8, 4) is 0 Å². The van der Waals surface area contributed by atoms with E-state index in [-0.39, 0.29) is 0 Å². The maximum Gasteiger partial charge on any atom is 0.115 e. The van der Waals surface area contributed by atoms with E-state index in [4.69, 9.17) is 23.2 Å². The third-order valence-corrected chi connectivity index (χ3v) is 3.12. The van der Waals surface area contributed by atoms with Gasteiger partial charge in [-0.3, -0.25) is 0 Å². The first-order valence-corrected chi connectivity index (χ1v) is 6.41. The van der Waals surface area contributed by atoms with Crippen LogP contribution in [0.1, 0.15) is 11.3 Å². The predicted molar refractivity (Wildman–Crippen MR) is 73.9 cm³/mol. The van der Waals surface area contributed by atoms with Gasteiger partial charge >= 0.3 is 0 Å². The Labute approximate surface area is 116 Å². The lowest BCUT2D eigenvalue weighted by Crippen LogP contribution is -2.17. The van der Waals surface area contributed by atoms with Gasteiger partial charge in [0.15, 0.2) is 0 Å². The average Bonchev–Trinajstić information content (AvgIpc) is 2.38. The topological polar surface area (TPSA) is 37.8 Å². The van der Waals surface area contributed by atoms with E-state index in [2.05, 4.69) is 15.3 Å². The summed E-state index contributed by atoms with van der Waals surface area (Å²) in [7, 11) is 0. The molecular weight excluding hydrogens is 269 g/mol. The first-order chi connectivity index (χ1) is 8.75. The summed E-state index contributed by atoms with van der Waals surface area (Å²) in [4.78, 5) is 8.01. The highest BCUT2D eigenvalue weighted by atomic mass is 35.5. The standard InChI is InChI=1S/C13H13Cl2N3/c14-11-2-1-10(13(15)7-11)3-5-16-8-12-4-6-17-9-18-12/h1-2,4,6-7,9,16H,3,5,8H2. The Morgan fingerprint density at radius 2 is 2.06 bits per heavy atom. The fourth-order valence-electron chi connectivity index (χ4n) is 1.59. The van der Waals surface area contributed by atoms with E-state index in [1.54, 1.807) is 18.6 Å². The van der Waals surface area contributed by atoms with E-state index in [0.29, 0.717) is 10.0 Å². The van der Waals surface area contributed by atoms with Crippen LogP contribution in [0.3, 0.4) is 0 Å². The highest BCUT2D eigenvalue weighted by Gasteiger charge is 2.01. The first-order valence-electron chi connectivity index (χ1n) is 5.65. The number of hydrogen-bond donors (Lipinski definition) is 1. The van der Waals surface area contributed by atoms with Crippen molar-refractivity contribution in [1.29, 1.82) is 0 Å². The molecular formula is C13H13Cl2N3. The van der Waals surface area contributed by atoms with Crippen molar-refractivity contribution in [2.24, 2.45) is 0 Å². The first kappa shape index (κ1) is 13.3. The van der Waals surface area contributed by atoms with Crippen molar-refractivity contribution in [2.75, 3.05) is 6.54 Å². The van der Waals surface area contributed by atoms with Crippen molar-refractivity contribution in [3.05, 3.63) is 58.1 Å². The Kier molecular flexibility index (Phi) is 4.93. The van der Waals surface area contributed by atoms with Gasteiger partial charge in [0.2, 0.25) is 0 Å². The lowest BCUT2D eigenvalue weighted by Gasteiger charge is -2.06. The summed E-state index contributed by atoms with van der Waals surface area (Å²) in [6.07, 6.45) is 4.15. The van der Waals surface area contributed by atoms with Crippen LogP contribution in [0.25, 0.3) is 0 Å². The minimum atomic E-state index is 0.665. The molecule has 0 aliphatic carbocycles. The second kappa shape index (κ2) is 6.69. The quantitative estimate of drug-likeness (QED) is 0.856. The van der Waals surface area contributed by atoms with Crippen molar-refractivity contribution in [3.63, 3.8) is 0 Å². The zero-order valence-electron chi connectivity index (χ0n) is 9.74. The molecule has 94 valence electrons. The minimum absolute atomic E-state index is 0.665. The average molecular weight is 282 g/mol. The molecule has 2 aromatic rings. The highest BCUT2D eigenvalue weighted by molar-refractivity contribution is 6.35. The lowest BCUT2D eigenvalue weighted by atomic mass is 10.1. The molecule has 0 bridgehead atoms. The van der Waals surface area contributed by atoms with Gasteiger partial charge in [0.1, 0.15) is 6.33 Å². The maximum absolute atomic E-state index is 6.09. The third-order valence-electron chi connectivity index (χ3n) is 2.54. The molecule has 0 radical (unpaired) electrons. The Morgan fingerprint density at radius 3 is 2.78 bits per heavy atom. The van der Waals surface area contributed by atoms with E-state index < -0.39 is 0 Å². The molecule has 2 rings (SSSR count). The molecule has 0 fully saturated rings. The number of rotatable bonds is 5. The van der Waals surface area contributed by atoms with Crippen molar-refractivity contribution in [1.82, 2.24) is 15.3 Å². The van der Waals surface area contributed by atoms with E-state index in [1.165, 1.54) is 0 Å². The van der Waals surface area contributed by atoms with Gasteiger partial charge in [-0.2, -0.15) is 0 Å². The lowest BCUT2D eigenvalue weighted by molar-refractivity contribution is 0.673. The molecule has 0 aliphatic heterocycles. The zero-order valence-corrected chi connectivity index (χ0v) is 11.2. The van der Waals surface area contributed by atoms with Crippen LogP contribution < -0.4 is 5.32 Å². The molecule has 1 aromatic carbocycles. The molecule has 1 N–H and O–H groups in total. The molecule has 0 aliphatic rings. The molecule has 1 aromatic heterocycles. The Hall–Kier alpha value is -1.16. The largest absolute Gasteiger partial charge is 0.311 e. The Bertz CT molecular complexity index is 503. The molecule has 0 amide bonds. The molecule has 0 saturated heterocycles. The zero-order chi connectivity index (χ0) is 12.8. The van der Waals surface area contributed by atoms with Crippen LogP contribution >= 0.6 is 23.2 Å². The summed E-state index contributed by atoms with van der Waals surface area (Å²) in [5, 5.41) is 4.69. The van der Waals surface area contributed by atoms with E-state index in [0.717, 1.165) is 30.8 Å². The van der Waals surface area contributed by atoms with Crippen molar-refractivity contribution in [2.45, 2.75) is 13.0 Å². The molecule has 0 spiro atoms. The Balaban J connectivity index is 1.79. The van der Waals surface area contributed by atoms with Crippen LogP contribution in [0.15, 0.2) is 36.8 Å². The highest BCUT2D eigenvalue weighted by Crippen LogP contribution is 2.20. The van der Waals surface area contributed by atoms with Crippen LogP contribution in [-0.2, 0) is 13.0 Å². The normalized spacial score (nSPS) is 10.6. The van der Waals surface area contributed by atoms with Gasteiger partial charge in [-0.15, -0.1) is 0 Å². The van der Waals surface area contributed by atoms with Crippen molar-refractivity contribution < 1.29 is 0 Å². The molecule has 0 atom stereocenters. The minimum Gasteiger partial charge on any atom is -0.311 e.